The second-order valence-electron chi connectivity index (χ2n) is 4.67. The van der Waals surface area contributed by atoms with E-state index < -0.39 is 5.60 Å². The van der Waals surface area contributed by atoms with E-state index in [-0.39, 0.29) is 5.56 Å². The Kier molecular flexibility index (Phi) is 3.85. The van der Waals surface area contributed by atoms with E-state index in [0.29, 0.717) is 25.0 Å². The van der Waals surface area contributed by atoms with Crippen molar-refractivity contribution < 1.29 is 9.84 Å². The van der Waals surface area contributed by atoms with E-state index in [1.54, 1.807) is 18.0 Å². The number of nitrogens with zero attached hydrogens (tertiary/aromatic N) is 1. The van der Waals surface area contributed by atoms with Gasteiger partial charge in [0.1, 0.15) is 0 Å². The van der Waals surface area contributed by atoms with Crippen molar-refractivity contribution in [1.29, 1.82) is 0 Å². The van der Waals surface area contributed by atoms with Gasteiger partial charge in [0.05, 0.1) is 22.2 Å². The van der Waals surface area contributed by atoms with Crippen LogP contribution in [0.5, 0.6) is 0 Å². The van der Waals surface area contributed by atoms with Gasteiger partial charge in [-0.3, -0.25) is 8.75 Å². The van der Waals surface area contributed by atoms with Crippen molar-refractivity contribution in [3.63, 3.8) is 0 Å². The van der Waals surface area contributed by atoms with Gasteiger partial charge in [0.15, 0.2) is 0 Å². The quantitative estimate of drug-likeness (QED) is 0.899. The molecule has 1 aromatic carbocycles. The summed E-state index contributed by atoms with van der Waals surface area (Å²) in [5.74, 6) is 0. The molecule has 0 aliphatic rings. The van der Waals surface area contributed by atoms with Crippen LogP contribution >= 0.6 is 11.5 Å². The number of methoxy groups -OCH3 is 1. The standard InChI is InChI=1S/C13H17NO3S/c1-13(16,7-8-17-2)9-14-12(15)10-5-3-4-6-11(10)18-14/h3-6,16H,7-9H2,1-2H3. The SMILES string of the molecule is COCCC(C)(O)Cn1sc2ccccc2c1=O. The second-order valence-corrected chi connectivity index (χ2v) is 5.73. The van der Waals surface area contributed by atoms with Crippen molar-refractivity contribution in [2.24, 2.45) is 0 Å². The minimum Gasteiger partial charge on any atom is -0.388 e. The van der Waals surface area contributed by atoms with Crippen LogP contribution in [0.25, 0.3) is 10.1 Å². The molecule has 0 spiro atoms. The molecule has 98 valence electrons. The fourth-order valence-corrected chi connectivity index (χ4v) is 2.99. The van der Waals surface area contributed by atoms with Crippen LogP contribution in [0.1, 0.15) is 13.3 Å². The summed E-state index contributed by atoms with van der Waals surface area (Å²) >= 11 is 1.39. The van der Waals surface area contributed by atoms with Crippen LogP contribution in [0.2, 0.25) is 0 Å². The van der Waals surface area contributed by atoms with Crippen molar-refractivity contribution in [3.05, 3.63) is 34.6 Å². The Bertz CT molecular complexity index is 585. The minimum absolute atomic E-state index is 0.0340. The van der Waals surface area contributed by atoms with E-state index in [1.807, 2.05) is 24.3 Å². The van der Waals surface area contributed by atoms with E-state index in [2.05, 4.69) is 0 Å². The van der Waals surface area contributed by atoms with Gasteiger partial charge in [-0.25, -0.2) is 0 Å². The van der Waals surface area contributed by atoms with Crippen LogP contribution in [0.3, 0.4) is 0 Å². The van der Waals surface area contributed by atoms with Crippen LogP contribution in [0, 0.1) is 0 Å². The Morgan fingerprint density at radius 1 is 1.44 bits per heavy atom. The molecule has 2 rings (SSSR count). The Labute approximate surface area is 110 Å². The summed E-state index contributed by atoms with van der Waals surface area (Å²) in [4.78, 5) is 12.1. The fourth-order valence-electron chi connectivity index (χ4n) is 1.83. The zero-order valence-corrected chi connectivity index (χ0v) is 11.4. The van der Waals surface area contributed by atoms with Gasteiger partial charge >= 0.3 is 0 Å². The summed E-state index contributed by atoms with van der Waals surface area (Å²) < 4.78 is 7.52. The summed E-state index contributed by atoms with van der Waals surface area (Å²) in [5, 5.41) is 10.9. The molecule has 1 N–H and O–H groups in total. The molecular weight excluding hydrogens is 250 g/mol. The number of hydrogen-bond donors (Lipinski definition) is 1. The fraction of sp³-hybridized carbons (Fsp3) is 0.462. The van der Waals surface area contributed by atoms with Crippen LogP contribution in [-0.4, -0.2) is 28.4 Å². The monoisotopic (exact) mass is 267 g/mol. The molecular formula is C13H17NO3S. The van der Waals surface area contributed by atoms with E-state index >= 15 is 0 Å². The molecule has 4 nitrogen and oxygen atoms in total. The average Bonchev–Trinajstić information content (AvgIpc) is 2.64. The molecule has 18 heavy (non-hydrogen) atoms. The summed E-state index contributed by atoms with van der Waals surface area (Å²) in [6, 6.07) is 7.49. The van der Waals surface area contributed by atoms with E-state index in [1.165, 1.54) is 11.5 Å². The zero-order valence-electron chi connectivity index (χ0n) is 10.5. The van der Waals surface area contributed by atoms with Gasteiger partial charge in [-0.2, -0.15) is 0 Å². The molecule has 1 unspecified atom stereocenters. The smallest absolute Gasteiger partial charge is 0.268 e. The topological polar surface area (TPSA) is 51.5 Å². The van der Waals surface area contributed by atoms with Gasteiger partial charge < -0.3 is 9.84 Å². The molecule has 0 radical (unpaired) electrons. The average molecular weight is 267 g/mol. The molecule has 0 aliphatic carbocycles. The van der Waals surface area contributed by atoms with Gasteiger partial charge in [-0.05, 0) is 19.1 Å². The Morgan fingerprint density at radius 2 is 2.17 bits per heavy atom. The molecule has 0 bridgehead atoms. The van der Waals surface area contributed by atoms with Crippen molar-refractivity contribution in [1.82, 2.24) is 3.96 Å². The lowest BCUT2D eigenvalue weighted by Gasteiger charge is -2.22. The van der Waals surface area contributed by atoms with Crippen LogP contribution in [0.15, 0.2) is 29.1 Å². The normalized spacial score (nSPS) is 14.8. The first-order valence-corrected chi connectivity index (χ1v) is 6.61. The molecule has 1 aromatic heterocycles. The lowest BCUT2D eigenvalue weighted by molar-refractivity contribution is 0.0118. The van der Waals surface area contributed by atoms with Crippen molar-refractivity contribution in [2.75, 3.05) is 13.7 Å². The summed E-state index contributed by atoms with van der Waals surface area (Å²) in [6.45, 7) is 2.50. The Hall–Kier alpha value is -1.17. The number of ether oxygens (including phenoxy) is 1. The van der Waals surface area contributed by atoms with Crippen molar-refractivity contribution in [3.8, 4) is 0 Å². The number of fused-ring (bicyclic) bond motifs is 1. The summed E-state index contributed by atoms with van der Waals surface area (Å²) in [5.41, 5.74) is -0.964. The van der Waals surface area contributed by atoms with Crippen LogP contribution in [-0.2, 0) is 11.3 Å². The maximum atomic E-state index is 12.1. The molecule has 1 atom stereocenters. The van der Waals surface area contributed by atoms with Crippen molar-refractivity contribution in [2.45, 2.75) is 25.5 Å². The lowest BCUT2D eigenvalue weighted by atomic mass is 10.0. The van der Waals surface area contributed by atoms with E-state index in [0.717, 1.165) is 4.70 Å². The van der Waals surface area contributed by atoms with Gasteiger partial charge in [0.2, 0.25) is 0 Å². The highest BCUT2D eigenvalue weighted by Crippen LogP contribution is 2.19. The van der Waals surface area contributed by atoms with E-state index in [4.69, 9.17) is 4.74 Å². The number of hydrogen-bond acceptors (Lipinski definition) is 4. The van der Waals surface area contributed by atoms with Crippen molar-refractivity contribution >= 4 is 21.6 Å². The zero-order chi connectivity index (χ0) is 13.2. The molecule has 2 aromatic rings. The van der Waals surface area contributed by atoms with Crippen LogP contribution in [0.4, 0.5) is 0 Å². The Balaban J connectivity index is 2.26. The summed E-state index contributed by atoms with van der Waals surface area (Å²) in [7, 11) is 1.60. The Morgan fingerprint density at radius 3 is 2.83 bits per heavy atom. The molecule has 0 saturated heterocycles. The molecule has 5 heteroatoms. The lowest BCUT2D eigenvalue weighted by Crippen LogP contribution is -2.34. The number of rotatable bonds is 5. The highest BCUT2D eigenvalue weighted by molar-refractivity contribution is 7.13. The largest absolute Gasteiger partial charge is 0.388 e. The number of benzene rings is 1. The summed E-state index contributed by atoms with van der Waals surface area (Å²) in [6.07, 6.45) is 0.504. The minimum atomic E-state index is -0.930. The molecule has 0 amide bonds. The first-order valence-electron chi connectivity index (χ1n) is 5.84. The predicted molar refractivity (Wildman–Crippen MR) is 73.2 cm³/mol. The molecule has 0 fully saturated rings. The highest BCUT2D eigenvalue weighted by Gasteiger charge is 2.22. The third-order valence-electron chi connectivity index (χ3n) is 2.88. The third-order valence-corrected chi connectivity index (χ3v) is 3.95. The maximum absolute atomic E-state index is 12.1. The molecule has 0 saturated carbocycles. The predicted octanol–water partition coefficient (Wildman–Crippen LogP) is 1.85. The first kappa shape index (κ1) is 13.3. The van der Waals surface area contributed by atoms with Crippen LogP contribution < -0.4 is 5.56 Å². The van der Waals surface area contributed by atoms with Gasteiger partial charge in [-0.15, -0.1) is 0 Å². The van der Waals surface area contributed by atoms with E-state index in [9.17, 15) is 9.90 Å². The highest BCUT2D eigenvalue weighted by atomic mass is 32.1. The van der Waals surface area contributed by atoms with Gasteiger partial charge in [-0.1, -0.05) is 23.7 Å². The van der Waals surface area contributed by atoms with Gasteiger partial charge in [0, 0.05) is 20.1 Å². The molecule has 1 heterocycles. The molecule has 0 aliphatic heterocycles. The first-order chi connectivity index (χ1) is 8.53. The number of aromatic nitrogens is 1. The number of aliphatic hydroxyl groups is 1. The third kappa shape index (κ3) is 2.80. The maximum Gasteiger partial charge on any atom is 0.268 e. The second kappa shape index (κ2) is 5.22. The van der Waals surface area contributed by atoms with Gasteiger partial charge in [0.25, 0.3) is 5.56 Å².